The summed E-state index contributed by atoms with van der Waals surface area (Å²) in [7, 11) is 0. The normalized spacial score (nSPS) is 34.5. The molecule has 1 aliphatic carbocycles. The first kappa shape index (κ1) is 10.5. The maximum Gasteiger partial charge on any atom is 0.329 e. The molecule has 3 unspecified atom stereocenters. The summed E-state index contributed by atoms with van der Waals surface area (Å²) in [6, 6.07) is 0. The molecule has 0 aromatic carbocycles. The van der Waals surface area contributed by atoms with Gasteiger partial charge in [-0.05, 0) is 24.7 Å². The molecule has 3 nitrogen and oxygen atoms in total. The van der Waals surface area contributed by atoms with Crippen molar-refractivity contribution in [2.75, 3.05) is 6.61 Å². The Morgan fingerprint density at radius 2 is 2.15 bits per heavy atom. The third kappa shape index (κ3) is 3.35. The molecular formula is C10H18O3. The fourth-order valence-electron chi connectivity index (χ4n) is 1.89. The lowest BCUT2D eigenvalue weighted by Gasteiger charge is -2.32. The van der Waals surface area contributed by atoms with Crippen LogP contribution in [0.2, 0.25) is 0 Å². The quantitative estimate of drug-likeness (QED) is 0.732. The van der Waals surface area contributed by atoms with Gasteiger partial charge in [0.1, 0.15) is 6.61 Å². The number of carboxylic acid groups (broad SMARTS) is 1. The van der Waals surface area contributed by atoms with E-state index in [0.717, 1.165) is 12.8 Å². The molecule has 0 heterocycles. The molecule has 0 bridgehead atoms. The second-order valence-corrected chi connectivity index (χ2v) is 4.14. The van der Waals surface area contributed by atoms with Gasteiger partial charge < -0.3 is 9.84 Å². The van der Waals surface area contributed by atoms with Crippen molar-refractivity contribution in [1.82, 2.24) is 0 Å². The first-order valence-corrected chi connectivity index (χ1v) is 4.93. The highest BCUT2D eigenvalue weighted by molar-refractivity contribution is 5.68. The monoisotopic (exact) mass is 186 g/mol. The van der Waals surface area contributed by atoms with Gasteiger partial charge in [0.15, 0.2) is 0 Å². The van der Waals surface area contributed by atoms with Crippen LogP contribution in [-0.4, -0.2) is 23.8 Å². The molecule has 13 heavy (non-hydrogen) atoms. The Labute approximate surface area is 79.1 Å². The summed E-state index contributed by atoms with van der Waals surface area (Å²) in [5.41, 5.74) is 0. The zero-order chi connectivity index (χ0) is 9.84. The lowest BCUT2D eigenvalue weighted by atomic mass is 9.82. The Kier molecular flexibility index (Phi) is 3.72. The number of rotatable bonds is 3. The van der Waals surface area contributed by atoms with Gasteiger partial charge in [-0.15, -0.1) is 0 Å². The number of hydrogen-bond donors (Lipinski definition) is 1. The second kappa shape index (κ2) is 4.61. The highest BCUT2D eigenvalue weighted by Gasteiger charge is 2.26. The Morgan fingerprint density at radius 3 is 2.77 bits per heavy atom. The molecule has 1 N–H and O–H groups in total. The number of ether oxygens (including phenoxy) is 1. The predicted molar refractivity (Wildman–Crippen MR) is 49.6 cm³/mol. The molecule has 1 saturated carbocycles. The van der Waals surface area contributed by atoms with Crippen molar-refractivity contribution in [3.8, 4) is 0 Å². The Balaban J connectivity index is 2.33. The number of carbonyl (C=O) groups is 1. The molecule has 0 aliphatic heterocycles. The third-order valence-corrected chi connectivity index (χ3v) is 2.81. The van der Waals surface area contributed by atoms with Crippen molar-refractivity contribution >= 4 is 5.97 Å². The minimum absolute atomic E-state index is 0.151. The number of carboxylic acids is 1. The molecule has 76 valence electrons. The van der Waals surface area contributed by atoms with Crippen molar-refractivity contribution in [3.63, 3.8) is 0 Å². The van der Waals surface area contributed by atoms with Gasteiger partial charge in [0.25, 0.3) is 0 Å². The first-order chi connectivity index (χ1) is 6.09. The van der Waals surface area contributed by atoms with Crippen LogP contribution >= 0.6 is 0 Å². The average Bonchev–Trinajstić information content (AvgIpc) is 2.06. The lowest BCUT2D eigenvalue weighted by molar-refractivity contribution is -0.146. The summed E-state index contributed by atoms with van der Waals surface area (Å²) in [5.74, 6) is 0.316. The smallest absolute Gasteiger partial charge is 0.329 e. The molecule has 1 fully saturated rings. The van der Waals surface area contributed by atoms with E-state index in [1.165, 1.54) is 6.42 Å². The van der Waals surface area contributed by atoms with Gasteiger partial charge in [0, 0.05) is 0 Å². The minimum Gasteiger partial charge on any atom is -0.480 e. The maximum atomic E-state index is 10.3. The molecule has 0 aromatic rings. The van der Waals surface area contributed by atoms with E-state index in [-0.39, 0.29) is 12.7 Å². The molecule has 0 amide bonds. The van der Waals surface area contributed by atoms with E-state index in [9.17, 15) is 4.79 Å². The van der Waals surface area contributed by atoms with Gasteiger partial charge >= 0.3 is 5.97 Å². The summed E-state index contributed by atoms with van der Waals surface area (Å²) in [4.78, 5) is 10.3. The van der Waals surface area contributed by atoms with Crippen LogP contribution in [0, 0.1) is 11.8 Å². The molecule has 0 saturated heterocycles. The van der Waals surface area contributed by atoms with Crippen LogP contribution in [-0.2, 0) is 9.53 Å². The van der Waals surface area contributed by atoms with Crippen LogP contribution in [0.25, 0.3) is 0 Å². The molecule has 0 aromatic heterocycles. The maximum absolute atomic E-state index is 10.3. The molecule has 0 radical (unpaired) electrons. The van der Waals surface area contributed by atoms with E-state index >= 15 is 0 Å². The predicted octanol–water partition coefficient (Wildman–Crippen LogP) is 1.91. The van der Waals surface area contributed by atoms with Crippen molar-refractivity contribution in [2.45, 2.75) is 39.2 Å². The van der Waals surface area contributed by atoms with Gasteiger partial charge in [0.05, 0.1) is 6.10 Å². The number of aliphatic carboxylic acids is 1. The van der Waals surface area contributed by atoms with Crippen LogP contribution in [0.1, 0.15) is 33.1 Å². The lowest BCUT2D eigenvalue weighted by Crippen LogP contribution is -2.31. The van der Waals surface area contributed by atoms with E-state index in [1.807, 2.05) is 0 Å². The highest BCUT2D eigenvalue weighted by Crippen LogP contribution is 2.30. The van der Waals surface area contributed by atoms with E-state index < -0.39 is 5.97 Å². The van der Waals surface area contributed by atoms with Crippen LogP contribution in [0.4, 0.5) is 0 Å². The van der Waals surface area contributed by atoms with Crippen molar-refractivity contribution < 1.29 is 14.6 Å². The fraction of sp³-hybridized carbons (Fsp3) is 0.900. The van der Waals surface area contributed by atoms with Gasteiger partial charge in [0.2, 0.25) is 0 Å². The van der Waals surface area contributed by atoms with Crippen molar-refractivity contribution in [2.24, 2.45) is 11.8 Å². The molecule has 0 spiro atoms. The SMILES string of the molecule is CC1CCC(C)C(OCC(=O)O)C1. The highest BCUT2D eigenvalue weighted by atomic mass is 16.5. The summed E-state index contributed by atoms with van der Waals surface area (Å²) >= 11 is 0. The van der Waals surface area contributed by atoms with Crippen LogP contribution in [0.5, 0.6) is 0 Å². The first-order valence-electron chi connectivity index (χ1n) is 4.93. The van der Waals surface area contributed by atoms with E-state index in [1.54, 1.807) is 0 Å². The Morgan fingerprint density at radius 1 is 1.46 bits per heavy atom. The minimum atomic E-state index is -0.870. The van der Waals surface area contributed by atoms with E-state index in [2.05, 4.69) is 13.8 Å². The zero-order valence-corrected chi connectivity index (χ0v) is 8.32. The van der Waals surface area contributed by atoms with Gasteiger partial charge in [-0.3, -0.25) is 0 Å². The van der Waals surface area contributed by atoms with Crippen LogP contribution in [0.3, 0.4) is 0 Å². The summed E-state index contributed by atoms with van der Waals surface area (Å²) in [5, 5.41) is 8.47. The van der Waals surface area contributed by atoms with Gasteiger partial charge in [-0.1, -0.05) is 20.3 Å². The molecule has 1 rings (SSSR count). The summed E-state index contributed by atoms with van der Waals surface area (Å²) < 4.78 is 5.33. The fourth-order valence-corrected chi connectivity index (χ4v) is 1.89. The Hall–Kier alpha value is -0.570. The molecule has 3 atom stereocenters. The van der Waals surface area contributed by atoms with E-state index in [0.29, 0.717) is 11.8 Å². The third-order valence-electron chi connectivity index (χ3n) is 2.81. The summed E-state index contributed by atoms with van der Waals surface area (Å²) in [6.45, 7) is 4.18. The van der Waals surface area contributed by atoms with Gasteiger partial charge in [-0.2, -0.15) is 0 Å². The van der Waals surface area contributed by atoms with Crippen LogP contribution < -0.4 is 0 Å². The summed E-state index contributed by atoms with van der Waals surface area (Å²) in [6.07, 6.45) is 3.56. The van der Waals surface area contributed by atoms with Crippen molar-refractivity contribution in [1.29, 1.82) is 0 Å². The Bertz CT molecular complexity index is 179. The average molecular weight is 186 g/mol. The number of hydrogen-bond acceptors (Lipinski definition) is 2. The molecule has 1 aliphatic rings. The molecule has 3 heteroatoms. The van der Waals surface area contributed by atoms with Crippen LogP contribution in [0.15, 0.2) is 0 Å². The van der Waals surface area contributed by atoms with E-state index in [4.69, 9.17) is 9.84 Å². The second-order valence-electron chi connectivity index (χ2n) is 4.14. The van der Waals surface area contributed by atoms with Gasteiger partial charge in [-0.25, -0.2) is 4.79 Å². The van der Waals surface area contributed by atoms with Crippen molar-refractivity contribution in [3.05, 3.63) is 0 Å². The largest absolute Gasteiger partial charge is 0.480 e. The molecular weight excluding hydrogens is 168 g/mol. The topological polar surface area (TPSA) is 46.5 Å². The zero-order valence-electron chi connectivity index (χ0n) is 8.32. The standard InChI is InChI=1S/C10H18O3/c1-7-3-4-8(2)9(5-7)13-6-10(11)12/h7-9H,3-6H2,1-2H3,(H,11,12).